The number of benzene rings is 1. The van der Waals surface area contributed by atoms with Crippen LogP contribution in [0.15, 0.2) is 35.2 Å². The lowest BCUT2D eigenvalue weighted by Gasteiger charge is -2.22. The normalized spacial score (nSPS) is 16.7. The van der Waals surface area contributed by atoms with Crippen LogP contribution in [-0.2, 0) is 10.0 Å². The Balaban J connectivity index is 2.01. The van der Waals surface area contributed by atoms with Gasteiger partial charge < -0.3 is 0 Å². The molecule has 1 heterocycles. The molecule has 2 rings (SSSR count). The Hall–Kier alpha value is -0.200. The van der Waals surface area contributed by atoms with Gasteiger partial charge in [0.2, 0.25) is 10.0 Å². The van der Waals surface area contributed by atoms with Gasteiger partial charge in [-0.1, -0.05) is 35.4 Å². The largest absolute Gasteiger partial charge is 0.224 e. The van der Waals surface area contributed by atoms with Crippen LogP contribution >= 0.6 is 35.0 Å². The lowest BCUT2D eigenvalue weighted by molar-refractivity contribution is 0.441. The van der Waals surface area contributed by atoms with Crippen LogP contribution < -0.4 is 0 Å². The minimum absolute atomic E-state index is 0.0127. The summed E-state index contributed by atoms with van der Waals surface area (Å²) < 4.78 is 25.7. The van der Waals surface area contributed by atoms with Crippen molar-refractivity contribution in [3.63, 3.8) is 0 Å². The van der Waals surface area contributed by atoms with Crippen molar-refractivity contribution in [2.45, 2.75) is 11.3 Å². The van der Waals surface area contributed by atoms with Crippen molar-refractivity contribution >= 4 is 45.0 Å². The standard InChI is InChI=1S/C12H13Cl2NO2S2/c13-11-5-4-10(8-12(11)14)18-9-19(16,17)15-6-2-1-3-7-15/h1-2,4-5,8H,3,6-7,9H2. The summed E-state index contributed by atoms with van der Waals surface area (Å²) in [6, 6.07) is 5.12. The summed E-state index contributed by atoms with van der Waals surface area (Å²) in [6.45, 7) is 1.02. The fourth-order valence-electron chi connectivity index (χ4n) is 1.66. The van der Waals surface area contributed by atoms with Crippen LogP contribution in [0.25, 0.3) is 0 Å². The van der Waals surface area contributed by atoms with Gasteiger partial charge in [0.15, 0.2) is 0 Å². The molecule has 0 fully saturated rings. The van der Waals surface area contributed by atoms with Crippen LogP contribution in [0.1, 0.15) is 6.42 Å². The van der Waals surface area contributed by atoms with E-state index in [2.05, 4.69) is 0 Å². The maximum absolute atomic E-state index is 12.1. The Labute approximate surface area is 127 Å². The summed E-state index contributed by atoms with van der Waals surface area (Å²) in [4.78, 5) is 0.797. The Kier molecular flexibility index (Phi) is 5.20. The first-order chi connectivity index (χ1) is 8.99. The second-order valence-corrected chi connectivity index (χ2v) is 8.27. The average Bonchev–Trinajstić information content (AvgIpc) is 2.41. The zero-order chi connectivity index (χ0) is 13.9. The quantitative estimate of drug-likeness (QED) is 0.621. The predicted octanol–water partition coefficient (Wildman–Crippen LogP) is 3.63. The Bertz CT molecular complexity index is 587. The number of hydrogen-bond donors (Lipinski definition) is 0. The smallest absolute Gasteiger partial charge is 0.211 e. The Morgan fingerprint density at radius 1 is 1.21 bits per heavy atom. The molecular weight excluding hydrogens is 325 g/mol. The van der Waals surface area contributed by atoms with Crippen LogP contribution in [-0.4, -0.2) is 30.9 Å². The molecule has 0 aromatic heterocycles. The maximum atomic E-state index is 12.1. The molecule has 0 N–H and O–H groups in total. The molecule has 0 atom stereocenters. The Morgan fingerprint density at radius 2 is 2.00 bits per heavy atom. The predicted molar refractivity (Wildman–Crippen MR) is 81.4 cm³/mol. The third-order valence-electron chi connectivity index (χ3n) is 2.68. The average molecular weight is 338 g/mol. The van der Waals surface area contributed by atoms with E-state index in [0.717, 1.165) is 11.3 Å². The lowest BCUT2D eigenvalue weighted by atomic mass is 10.3. The number of hydrogen-bond acceptors (Lipinski definition) is 3. The molecule has 0 radical (unpaired) electrons. The third-order valence-corrected chi connectivity index (χ3v) is 6.79. The number of thioether (sulfide) groups is 1. The molecule has 3 nitrogen and oxygen atoms in total. The van der Waals surface area contributed by atoms with Gasteiger partial charge in [0.1, 0.15) is 5.08 Å². The highest BCUT2D eigenvalue weighted by Gasteiger charge is 2.22. The zero-order valence-electron chi connectivity index (χ0n) is 10.1. The second kappa shape index (κ2) is 6.50. The van der Waals surface area contributed by atoms with E-state index >= 15 is 0 Å². The van der Waals surface area contributed by atoms with Gasteiger partial charge in [0.05, 0.1) is 10.0 Å². The number of nitrogens with zero attached hydrogens (tertiary/aromatic N) is 1. The molecule has 0 aliphatic carbocycles. The molecule has 0 spiro atoms. The number of sulfonamides is 1. The van der Waals surface area contributed by atoms with Gasteiger partial charge in [0.25, 0.3) is 0 Å². The molecular formula is C12H13Cl2NO2S2. The highest BCUT2D eigenvalue weighted by Crippen LogP contribution is 2.29. The summed E-state index contributed by atoms with van der Waals surface area (Å²) in [5, 5.41) is 0.915. The van der Waals surface area contributed by atoms with Gasteiger partial charge in [-0.05, 0) is 24.6 Å². The molecule has 104 valence electrons. The number of halogens is 2. The molecule has 19 heavy (non-hydrogen) atoms. The first kappa shape index (κ1) is 15.2. The maximum Gasteiger partial charge on any atom is 0.224 e. The molecule has 1 aliphatic heterocycles. The van der Waals surface area contributed by atoms with E-state index in [4.69, 9.17) is 23.2 Å². The minimum Gasteiger partial charge on any atom is -0.211 e. The summed E-state index contributed by atoms with van der Waals surface area (Å²) in [5.74, 6) is 0. The second-order valence-electron chi connectivity index (χ2n) is 4.07. The van der Waals surface area contributed by atoms with Gasteiger partial charge in [-0.25, -0.2) is 8.42 Å². The van der Waals surface area contributed by atoms with E-state index < -0.39 is 10.0 Å². The van der Waals surface area contributed by atoms with E-state index in [1.54, 1.807) is 18.2 Å². The van der Waals surface area contributed by atoms with Crippen LogP contribution in [0, 0.1) is 0 Å². The third kappa shape index (κ3) is 4.13. The van der Waals surface area contributed by atoms with Gasteiger partial charge in [0, 0.05) is 18.0 Å². The van der Waals surface area contributed by atoms with Crippen molar-refractivity contribution in [1.82, 2.24) is 4.31 Å². The zero-order valence-corrected chi connectivity index (χ0v) is 13.2. The first-order valence-corrected chi connectivity index (χ1v) is 9.05. The van der Waals surface area contributed by atoms with E-state index in [1.165, 1.54) is 16.1 Å². The highest BCUT2D eigenvalue weighted by molar-refractivity contribution is 8.11. The van der Waals surface area contributed by atoms with Crippen LogP contribution in [0.3, 0.4) is 0 Å². The van der Waals surface area contributed by atoms with Crippen molar-refractivity contribution in [3.05, 3.63) is 40.4 Å². The molecule has 1 aromatic carbocycles. The van der Waals surface area contributed by atoms with Crippen molar-refractivity contribution in [1.29, 1.82) is 0 Å². The van der Waals surface area contributed by atoms with Crippen molar-refractivity contribution in [2.75, 3.05) is 18.2 Å². The minimum atomic E-state index is -3.24. The van der Waals surface area contributed by atoms with Crippen molar-refractivity contribution in [2.24, 2.45) is 0 Å². The number of rotatable bonds is 4. The van der Waals surface area contributed by atoms with Gasteiger partial charge >= 0.3 is 0 Å². The van der Waals surface area contributed by atoms with E-state index in [-0.39, 0.29) is 5.08 Å². The van der Waals surface area contributed by atoms with E-state index in [1.807, 2.05) is 12.2 Å². The summed E-state index contributed by atoms with van der Waals surface area (Å²) in [5.41, 5.74) is 0. The molecule has 1 aliphatic rings. The van der Waals surface area contributed by atoms with Gasteiger partial charge in [-0.15, -0.1) is 11.8 Å². The van der Waals surface area contributed by atoms with Crippen LogP contribution in [0.4, 0.5) is 0 Å². The molecule has 0 bridgehead atoms. The summed E-state index contributed by atoms with van der Waals surface area (Å²) >= 11 is 13.0. The van der Waals surface area contributed by atoms with Gasteiger partial charge in [-0.2, -0.15) is 4.31 Å². The molecule has 1 aromatic rings. The molecule has 7 heteroatoms. The van der Waals surface area contributed by atoms with Gasteiger partial charge in [-0.3, -0.25) is 0 Å². The fourth-order valence-corrected chi connectivity index (χ4v) is 4.82. The molecule has 0 unspecified atom stereocenters. The van der Waals surface area contributed by atoms with Crippen LogP contribution in [0.5, 0.6) is 0 Å². The molecule has 0 saturated heterocycles. The van der Waals surface area contributed by atoms with Crippen molar-refractivity contribution < 1.29 is 8.42 Å². The highest BCUT2D eigenvalue weighted by atomic mass is 35.5. The van der Waals surface area contributed by atoms with Crippen LogP contribution in [0.2, 0.25) is 10.0 Å². The first-order valence-electron chi connectivity index (χ1n) is 5.70. The fraction of sp³-hybridized carbons (Fsp3) is 0.333. The summed E-state index contributed by atoms with van der Waals surface area (Å²) in [6.07, 6.45) is 4.65. The Morgan fingerprint density at radius 3 is 2.63 bits per heavy atom. The van der Waals surface area contributed by atoms with E-state index in [0.29, 0.717) is 23.1 Å². The molecule has 0 saturated carbocycles. The lowest BCUT2D eigenvalue weighted by Crippen LogP contribution is -2.34. The summed E-state index contributed by atoms with van der Waals surface area (Å²) in [7, 11) is -3.24. The molecule has 0 amide bonds. The monoisotopic (exact) mass is 337 g/mol. The SMILES string of the molecule is O=S(=O)(CSc1ccc(Cl)c(Cl)c1)N1CC=CCC1. The van der Waals surface area contributed by atoms with E-state index in [9.17, 15) is 8.42 Å². The van der Waals surface area contributed by atoms with Crippen molar-refractivity contribution in [3.8, 4) is 0 Å². The topological polar surface area (TPSA) is 37.4 Å².